The first-order valence-corrected chi connectivity index (χ1v) is 30.8. The number of phosphoric acid groups is 1. The second kappa shape index (κ2) is 49.5. The van der Waals surface area contributed by atoms with Gasteiger partial charge in [0.15, 0.2) is 0 Å². The number of carbonyl (C=O) groups is 1. The largest absolute Gasteiger partial charge is 0.756 e. The van der Waals surface area contributed by atoms with Gasteiger partial charge in [0.25, 0.3) is 7.82 Å². The molecule has 0 saturated heterocycles. The van der Waals surface area contributed by atoms with Crippen LogP contribution in [0.3, 0.4) is 0 Å². The Hall–Kier alpha value is -0.500. The van der Waals surface area contributed by atoms with Crippen molar-refractivity contribution >= 4 is 13.7 Å². The van der Waals surface area contributed by atoms with Crippen molar-refractivity contribution in [1.29, 1.82) is 0 Å². The molecule has 0 fully saturated rings. The predicted molar refractivity (Wildman–Crippen MR) is 284 cm³/mol. The van der Waals surface area contributed by atoms with Crippen LogP contribution in [0.5, 0.6) is 0 Å². The summed E-state index contributed by atoms with van der Waals surface area (Å²) in [6, 6.07) is -0.795. The number of aliphatic hydroxyl groups excluding tert-OH is 1. The molecule has 2 N–H and O–H groups in total. The Bertz CT molecular complexity index is 1040. The number of nitrogens with zero attached hydrogens (tertiary/aromatic N) is 1. The second-order valence-electron chi connectivity index (χ2n) is 21.7. The second-order valence-corrected chi connectivity index (χ2v) is 23.1. The number of likely N-dealkylation sites (N-methyl/N-ethyl adjacent to an activating group) is 1. The first kappa shape index (κ1) is 65.5. The molecule has 0 spiro atoms. The quantitative estimate of drug-likeness (QED) is 0.0357. The Kier molecular flexibility index (Phi) is 49.1. The van der Waals surface area contributed by atoms with Crippen LogP contribution < -0.4 is 10.2 Å². The van der Waals surface area contributed by atoms with Crippen molar-refractivity contribution in [1.82, 2.24) is 5.32 Å². The number of amides is 1. The number of quaternary nitrogens is 1. The molecule has 0 aliphatic carbocycles. The van der Waals surface area contributed by atoms with Gasteiger partial charge in [0.05, 0.1) is 39.9 Å². The van der Waals surface area contributed by atoms with E-state index in [9.17, 15) is 19.4 Å². The van der Waals surface area contributed by atoms with E-state index in [2.05, 4.69) is 19.2 Å². The number of carbonyl (C=O) groups excluding carboxylic acids is 1. The molecule has 0 heterocycles. The molecule has 0 aliphatic rings. The van der Waals surface area contributed by atoms with Crippen molar-refractivity contribution in [3.8, 4) is 0 Å². The molecule has 0 aliphatic heterocycles. The lowest BCUT2D eigenvalue weighted by Gasteiger charge is -2.30. The Balaban J connectivity index is 4.08. The van der Waals surface area contributed by atoms with Crippen LogP contribution in [0.1, 0.15) is 309 Å². The molecule has 3 unspecified atom stereocenters. The fourth-order valence-electron chi connectivity index (χ4n) is 9.22. The molecule has 0 aromatic carbocycles. The minimum absolute atomic E-state index is 0.0166. The molecule has 0 bridgehead atoms. The van der Waals surface area contributed by atoms with Gasteiger partial charge in [-0.15, -0.1) is 0 Å². The molecule has 9 heteroatoms. The minimum Gasteiger partial charge on any atom is -0.756 e. The molecular formula is C57H117N2O6P. The highest BCUT2D eigenvalue weighted by Crippen LogP contribution is 2.38. The highest BCUT2D eigenvalue weighted by molar-refractivity contribution is 7.45. The van der Waals surface area contributed by atoms with Gasteiger partial charge in [-0.25, -0.2) is 0 Å². The van der Waals surface area contributed by atoms with Gasteiger partial charge in [-0.3, -0.25) is 9.36 Å². The number of hydrogen-bond acceptors (Lipinski definition) is 6. The van der Waals surface area contributed by atoms with Crippen LogP contribution in [-0.4, -0.2) is 68.5 Å². The topological polar surface area (TPSA) is 108 Å². The average molecular weight is 958 g/mol. The fraction of sp³-hybridized carbons (Fsp3) is 0.982. The van der Waals surface area contributed by atoms with Gasteiger partial charge in [0, 0.05) is 6.42 Å². The predicted octanol–water partition coefficient (Wildman–Crippen LogP) is 17.0. The van der Waals surface area contributed by atoms with E-state index < -0.39 is 20.0 Å². The van der Waals surface area contributed by atoms with Gasteiger partial charge in [-0.05, 0) is 12.8 Å². The van der Waals surface area contributed by atoms with Crippen molar-refractivity contribution in [2.24, 2.45) is 0 Å². The zero-order valence-corrected chi connectivity index (χ0v) is 46.1. The van der Waals surface area contributed by atoms with E-state index in [4.69, 9.17) is 9.05 Å². The van der Waals surface area contributed by atoms with E-state index in [1.165, 1.54) is 244 Å². The number of rotatable bonds is 55. The summed E-state index contributed by atoms with van der Waals surface area (Å²) in [5.41, 5.74) is 0. The molecule has 0 rings (SSSR count). The number of hydrogen-bond donors (Lipinski definition) is 2. The summed E-state index contributed by atoms with van der Waals surface area (Å²) in [6.07, 6.45) is 58.5. The summed E-state index contributed by atoms with van der Waals surface area (Å²) in [4.78, 5) is 25.5. The standard InChI is InChI=1S/C57H117N2O6P/c1-6-8-10-12-14-16-18-20-22-24-26-27-28-29-30-31-32-33-35-37-39-41-43-45-47-49-51-57(61)58-55(54-65-66(62,63)64-53-52-59(3,4)5)56(60)50-48-46-44-42-40-38-36-34-25-23-21-19-17-15-13-11-9-7-2/h55-56,60H,6-54H2,1-5H3,(H-,58,61,62,63). The zero-order chi connectivity index (χ0) is 48.5. The van der Waals surface area contributed by atoms with Crippen LogP contribution in [0.15, 0.2) is 0 Å². The average Bonchev–Trinajstić information content (AvgIpc) is 3.28. The summed E-state index contributed by atoms with van der Waals surface area (Å²) in [7, 11) is 1.33. The highest BCUT2D eigenvalue weighted by atomic mass is 31.2. The summed E-state index contributed by atoms with van der Waals surface area (Å²) < 4.78 is 23.4. The minimum atomic E-state index is -4.57. The number of phosphoric ester groups is 1. The summed E-state index contributed by atoms with van der Waals surface area (Å²) in [5.74, 6) is -0.156. The van der Waals surface area contributed by atoms with Crippen LogP contribution in [-0.2, 0) is 18.4 Å². The Morgan fingerprint density at radius 3 is 1.03 bits per heavy atom. The molecular weight excluding hydrogens is 840 g/mol. The lowest BCUT2D eigenvalue weighted by Crippen LogP contribution is -2.46. The van der Waals surface area contributed by atoms with Gasteiger partial charge in [-0.2, -0.15) is 0 Å². The zero-order valence-electron chi connectivity index (χ0n) is 45.2. The van der Waals surface area contributed by atoms with Gasteiger partial charge in [-0.1, -0.05) is 290 Å². The third-order valence-electron chi connectivity index (χ3n) is 13.8. The molecule has 8 nitrogen and oxygen atoms in total. The summed E-state index contributed by atoms with van der Waals surface area (Å²) >= 11 is 0. The van der Waals surface area contributed by atoms with Crippen LogP contribution in [0.25, 0.3) is 0 Å². The third-order valence-corrected chi connectivity index (χ3v) is 14.8. The maximum atomic E-state index is 13.0. The van der Waals surface area contributed by atoms with Gasteiger partial charge in [0.2, 0.25) is 5.91 Å². The van der Waals surface area contributed by atoms with Crippen molar-refractivity contribution in [2.75, 3.05) is 40.9 Å². The van der Waals surface area contributed by atoms with Crippen LogP contribution >= 0.6 is 7.82 Å². The monoisotopic (exact) mass is 957 g/mol. The number of aliphatic hydroxyl groups is 1. The molecule has 66 heavy (non-hydrogen) atoms. The molecule has 0 aromatic rings. The van der Waals surface area contributed by atoms with E-state index in [-0.39, 0.29) is 19.1 Å². The lowest BCUT2D eigenvalue weighted by atomic mass is 10.0. The van der Waals surface area contributed by atoms with Gasteiger partial charge >= 0.3 is 0 Å². The molecule has 0 saturated carbocycles. The summed E-state index contributed by atoms with van der Waals surface area (Å²) in [6.45, 7) is 4.78. The number of unbranched alkanes of at least 4 members (excludes halogenated alkanes) is 42. The Labute approximate surface area is 412 Å². The first-order chi connectivity index (χ1) is 32.0. The molecule has 0 radical (unpaired) electrons. The van der Waals surface area contributed by atoms with Crippen molar-refractivity contribution in [2.45, 2.75) is 321 Å². The van der Waals surface area contributed by atoms with E-state index in [0.717, 1.165) is 38.5 Å². The Morgan fingerprint density at radius 2 is 0.742 bits per heavy atom. The van der Waals surface area contributed by atoms with E-state index >= 15 is 0 Å². The highest BCUT2D eigenvalue weighted by Gasteiger charge is 2.24. The molecule has 1 amide bonds. The Morgan fingerprint density at radius 1 is 0.470 bits per heavy atom. The van der Waals surface area contributed by atoms with Crippen LogP contribution in [0.2, 0.25) is 0 Å². The van der Waals surface area contributed by atoms with Crippen molar-refractivity contribution in [3.05, 3.63) is 0 Å². The summed E-state index contributed by atoms with van der Waals surface area (Å²) in [5, 5.41) is 14.0. The first-order valence-electron chi connectivity index (χ1n) is 29.4. The number of nitrogens with one attached hydrogen (secondary N) is 1. The molecule has 0 aromatic heterocycles. The van der Waals surface area contributed by atoms with Crippen molar-refractivity contribution < 1.29 is 32.9 Å². The van der Waals surface area contributed by atoms with E-state index in [1.54, 1.807) is 0 Å². The van der Waals surface area contributed by atoms with Gasteiger partial charge < -0.3 is 28.8 Å². The lowest BCUT2D eigenvalue weighted by molar-refractivity contribution is -0.870. The maximum Gasteiger partial charge on any atom is 0.268 e. The van der Waals surface area contributed by atoms with Crippen LogP contribution in [0.4, 0.5) is 0 Å². The van der Waals surface area contributed by atoms with E-state index in [1.807, 2.05) is 21.1 Å². The SMILES string of the molecule is CCCCCCCCCCCCCCCCCCCCCCCCCCCCC(=O)NC(COP(=O)([O-])OCC[N+](C)(C)C)C(O)CCCCCCCCCCCCCCCCCCCC. The van der Waals surface area contributed by atoms with Gasteiger partial charge in [0.1, 0.15) is 13.2 Å². The van der Waals surface area contributed by atoms with Crippen LogP contribution in [0, 0.1) is 0 Å². The molecule has 3 atom stereocenters. The van der Waals surface area contributed by atoms with E-state index in [0.29, 0.717) is 23.9 Å². The third kappa shape index (κ3) is 51.4. The van der Waals surface area contributed by atoms with Crippen molar-refractivity contribution in [3.63, 3.8) is 0 Å². The molecule has 396 valence electrons. The normalized spacial score (nSPS) is 13.9. The smallest absolute Gasteiger partial charge is 0.268 e. The maximum absolute atomic E-state index is 13.0. The fourth-order valence-corrected chi connectivity index (χ4v) is 9.94.